The van der Waals surface area contributed by atoms with Crippen LogP contribution in [0.25, 0.3) is 0 Å². The van der Waals surface area contributed by atoms with Gasteiger partial charge in [-0.1, -0.05) is 6.08 Å². The van der Waals surface area contributed by atoms with Gasteiger partial charge in [0.25, 0.3) is 5.91 Å². The van der Waals surface area contributed by atoms with Crippen molar-refractivity contribution in [3.8, 4) is 11.5 Å². The topological polar surface area (TPSA) is 169 Å². The smallest absolute Gasteiger partial charge is 0.253 e. The predicted molar refractivity (Wildman–Crippen MR) is 118 cm³/mol. The zero-order valence-corrected chi connectivity index (χ0v) is 18.8. The summed E-state index contributed by atoms with van der Waals surface area (Å²) < 4.78 is 17.0. The Morgan fingerprint density at radius 1 is 1.11 bits per heavy atom. The number of carbonyl (C=O) groups excluding carboxylic acids is 1. The molecule has 35 heavy (non-hydrogen) atoms. The van der Waals surface area contributed by atoms with E-state index in [4.69, 9.17) is 14.2 Å². The van der Waals surface area contributed by atoms with Crippen molar-refractivity contribution in [2.24, 2.45) is 11.8 Å². The number of phenolic OH excluding ortho intramolecular Hbond substituents is 2. The molecule has 4 aliphatic rings. The van der Waals surface area contributed by atoms with Gasteiger partial charge in [0.05, 0.1) is 24.5 Å². The number of aromatic hydroxyl groups is 2. The molecule has 1 aromatic rings. The van der Waals surface area contributed by atoms with Crippen molar-refractivity contribution in [3.63, 3.8) is 0 Å². The summed E-state index contributed by atoms with van der Waals surface area (Å²) in [5, 5.41) is 59.9. The first-order valence-corrected chi connectivity index (χ1v) is 11.5. The molecule has 11 nitrogen and oxygen atoms in total. The van der Waals surface area contributed by atoms with Crippen LogP contribution in [0.15, 0.2) is 36.6 Å². The Kier molecular flexibility index (Phi) is 6.24. The average molecular weight is 491 g/mol. The molecule has 11 heteroatoms. The first kappa shape index (κ1) is 24.0. The van der Waals surface area contributed by atoms with E-state index in [-0.39, 0.29) is 29.4 Å². The van der Waals surface area contributed by atoms with Crippen LogP contribution in [-0.2, 0) is 25.4 Å². The number of carbonyl (C=O) groups is 1. The summed E-state index contributed by atoms with van der Waals surface area (Å²) in [5.41, 5.74) is 2.07. The summed E-state index contributed by atoms with van der Waals surface area (Å²) >= 11 is 0. The largest absolute Gasteiger partial charge is 0.504 e. The van der Waals surface area contributed by atoms with E-state index in [2.05, 4.69) is 6.58 Å². The fourth-order valence-electron chi connectivity index (χ4n) is 5.55. The summed E-state index contributed by atoms with van der Waals surface area (Å²) in [5.74, 6) is -1.57. The molecule has 1 aromatic carbocycles. The van der Waals surface area contributed by atoms with Crippen LogP contribution >= 0.6 is 0 Å². The van der Waals surface area contributed by atoms with Crippen LogP contribution in [0.1, 0.15) is 23.6 Å². The Bertz CT molecular complexity index is 1040. The lowest BCUT2D eigenvalue weighted by Crippen LogP contribution is -2.60. The van der Waals surface area contributed by atoms with E-state index >= 15 is 0 Å². The number of nitrogens with zero attached hydrogens (tertiary/aromatic N) is 1. The van der Waals surface area contributed by atoms with E-state index in [1.54, 1.807) is 11.0 Å². The zero-order valence-electron chi connectivity index (χ0n) is 18.8. The number of aliphatic hydroxyl groups is 4. The van der Waals surface area contributed by atoms with E-state index in [1.807, 2.05) is 0 Å². The van der Waals surface area contributed by atoms with Gasteiger partial charge < -0.3 is 49.7 Å². The van der Waals surface area contributed by atoms with Crippen LogP contribution < -0.4 is 0 Å². The number of fused-ring (bicyclic) bond motifs is 4. The lowest BCUT2D eigenvalue weighted by molar-refractivity contribution is -0.339. The SMILES string of the molecule is C=C[C@@H]1[C@H](O[C@@H]2O[C@H](CO)[C@H](O)[C@H](O)[C@H]2O)OC=C2C(=O)N3CCc4cc(O)c(O)cc4[C@H]3C[C@H]21. The third-order valence-electron chi connectivity index (χ3n) is 7.48. The lowest BCUT2D eigenvalue weighted by atomic mass is 9.73. The van der Waals surface area contributed by atoms with Gasteiger partial charge in [0.15, 0.2) is 17.8 Å². The normalized spacial score (nSPS) is 38.5. The molecule has 190 valence electrons. The van der Waals surface area contributed by atoms with E-state index in [1.165, 1.54) is 18.4 Å². The fraction of sp³-hybridized carbons (Fsp3) is 0.542. The van der Waals surface area contributed by atoms with Crippen molar-refractivity contribution in [1.82, 2.24) is 4.90 Å². The highest BCUT2D eigenvalue weighted by molar-refractivity contribution is 5.95. The second kappa shape index (κ2) is 9.08. The van der Waals surface area contributed by atoms with Crippen molar-refractivity contribution in [2.75, 3.05) is 13.2 Å². The number of hydrogen-bond donors (Lipinski definition) is 6. The molecule has 0 saturated carbocycles. The summed E-state index contributed by atoms with van der Waals surface area (Å²) in [6.45, 7) is 3.73. The first-order chi connectivity index (χ1) is 16.7. The molecule has 4 heterocycles. The summed E-state index contributed by atoms with van der Waals surface area (Å²) in [7, 11) is 0. The molecule has 4 aliphatic heterocycles. The van der Waals surface area contributed by atoms with Gasteiger partial charge in [0.2, 0.25) is 6.29 Å². The Morgan fingerprint density at radius 3 is 2.57 bits per heavy atom. The van der Waals surface area contributed by atoms with Gasteiger partial charge in [-0.05, 0) is 36.1 Å². The van der Waals surface area contributed by atoms with E-state index in [0.717, 1.165) is 11.1 Å². The number of ether oxygens (including phenoxy) is 3. The molecular formula is C24H29NO10. The summed E-state index contributed by atoms with van der Waals surface area (Å²) in [6, 6.07) is 2.68. The molecule has 9 atom stereocenters. The highest BCUT2D eigenvalue weighted by Gasteiger charge is 2.50. The van der Waals surface area contributed by atoms with Crippen molar-refractivity contribution in [2.45, 2.75) is 55.9 Å². The number of phenols is 2. The van der Waals surface area contributed by atoms with Crippen molar-refractivity contribution in [3.05, 3.63) is 47.7 Å². The lowest BCUT2D eigenvalue weighted by Gasteiger charge is -2.48. The van der Waals surface area contributed by atoms with Crippen molar-refractivity contribution >= 4 is 5.91 Å². The molecule has 0 aliphatic carbocycles. The van der Waals surface area contributed by atoms with Gasteiger partial charge >= 0.3 is 0 Å². The van der Waals surface area contributed by atoms with Crippen LogP contribution in [0, 0.1) is 11.8 Å². The minimum absolute atomic E-state index is 0.206. The first-order valence-electron chi connectivity index (χ1n) is 11.5. The molecule has 0 spiro atoms. The Morgan fingerprint density at radius 2 is 1.86 bits per heavy atom. The number of hydrogen-bond acceptors (Lipinski definition) is 10. The number of benzene rings is 1. The summed E-state index contributed by atoms with van der Waals surface area (Å²) in [6.07, 6.45) is -4.35. The molecule has 2 saturated heterocycles. The molecule has 1 amide bonds. The zero-order chi connectivity index (χ0) is 25.0. The quantitative estimate of drug-likeness (QED) is 0.236. The van der Waals surface area contributed by atoms with Gasteiger partial charge in [-0.25, -0.2) is 0 Å². The highest BCUT2D eigenvalue weighted by Crippen LogP contribution is 2.49. The second-order valence-corrected chi connectivity index (χ2v) is 9.37. The Hall–Kier alpha value is -2.67. The van der Waals surface area contributed by atoms with Gasteiger partial charge in [0.1, 0.15) is 24.4 Å². The number of amides is 1. The standard InChI is InChI=1S/C24H29NO10/c1-2-11-13-6-15-12-7-17(28)16(27)5-10(12)3-4-25(15)22(32)14(13)9-33-23(11)35-24-21(31)20(30)19(29)18(8-26)34-24/h2,5,7,9,11,13,15,18-21,23-24,26-31H,1,3-4,6,8H2/t11-,13-,15+,18+,19-,20-,21+,23-,24-/m0/s1. The monoisotopic (exact) mass is 491 g/mol. The van der Waals surface area contributed by atoms with Crippen molar-refractivity contribution < 1.29 is 49.6 Å². The van der Waals surface area contributed by atoms with Gasteiger partial charge in [-0.15, -0.1) is 6.58 Å². The second-order valence-electron chi connectivity index (χ2n) is 9.37. The molecule has 0 unspecified atom stereocenters. The number of rotatable bonds is 4. The molecule has 2 fully saturated rings. The minimum atomic E-state index is -1.60. The van der Waals surface area contributed by atoms with E-state index in [0.29, 0.717) is 25.0 Å². The summed E-state index contributed by atoms with van der Waals surface area (Å²) in [4.78, 5) is 15.1. The fourth-order valence-corrected chi connectivity index (χ4v) is 5.55. The molecule has 6 N–H and O–H groups in total. The van der Waals surface area contributed by atoms with E-state index in [9.17, 15) is 35.4 Å². The molecule has 5 rings (SSSR count). The van der Waals surface area contributed by atoms with Crippen LogP contribution in [0.5, 0.6) is 11.5 Å². The molecule has 0 bridgehead atoms. The molecule has 0 radical (unpaired) electrons. The predicted octanol–water partition coefficient (Wildman–Crippen LogP) is -0.598. The third kappa shape index (κ3) is 3.88. The van der Waals surface area contributed by atoms with Crippen molar-refractivity contribution in [1.29, 1.82) is 0 Å². The number of piperidine rings is 1. The third-order valence-corrected chi connectivity index (χ3v) is 7.48. The van der Waals surface area contributed by atoms with Crippen LogP contribution in [0.2, 0.25) is 0 Å². The van der Waals surface area contributed by atoms with E-state index < -0.39 is 49.5 Å². The average Bonchev–Trinajstić information content (AvgIpc) is 2.85. The number of aliphatic hydroxyl groups excluding tert-OH is 4. The maximum absolute atomic E-state index is 13.4. The Labute approximate surface area is 201 Å². The highest BCUT2D eigenvalue weighted by atomic mass is 16.8. The van der Waals surface area contributed by atoms with Crippen LogP contribution in [0.3, 0.4) is 0 Å². The van der Waals surface area contributed by atoms with Gasteiger partial charge in [0, 0.05) is 18.4 Å². The Balaban J connectivity index is 1.41. The maximum atomic E-state index is 13.4. The minimum Gasteiger partial charge on any atom is -0.504 e. The maximum Gasteiger partial charge on any atom is 0.253 e. The van der Waals surface area contributed by atoms with Crippen LogP contribution in [0.4, 0.5) is 0 Å². The van der Waals surface area contributed by atoms with Gasteiger partial charge in [-0.2, -0.15) is 0 Å². The molecule has 0 aromatic heterocycles. The van der Waals surface area contributed by atoms with Gasteiger partial charge in [-0.3, -0.25) is 4.79 Å². The molecular weight excluding hydrogens is 462 g/mol. The van der Waals surface area contributed by atoms with Crippen LogP contribution in [-0.4, -0.2) is 91.6 Å².